The van der Waals surface area contributed by atoms with Crippen LogP contribution in [0.3, 0.4) is 0 Å². The Balaban J connectivity index is 1.64. The molecule has 0 spiro atoms. The van der Waals surface area contributed by atoms with E-state index in [0.717, 1.165) is 0 Å². The van der Waals surface area contributed by atoms with Crippen molar-refractivity contribution in [2.45, 2.75) is 90.3 Å². The van der Waals surface area contributed by atoms with Gasteiger partial charge in [-0.2, -0.15) is 0 Å². The first kappa shape index (κ1) is 24.6. The summed E-state index contributed by atoms with van der Waals surface area (Å²) in [5, 5.41) is 7.83. The van der Waals surface area contributed by atoms with E-state index in [9.17, 15) is 9.18 Å². The van der Waals surface area contributed by atoms with Crippen LogP contribution in [0.15, 0.2) is 11.9 Å². The first-order valence-corrected chi connectivity index (χ1v) is 10.9. The maximum atomic E-state index is 15.5. The van der Waals surface area contributed by atoms with E-state index < -0.39 is 41.4 Å². The average molecular weight is 454 g/mol. The van der Waals surface area contributed by atoms with Crippen molar-refractivity contribution in [3.8, 4) is 0 Å². The van der Waals surface area contributed by atoms with Crippen LogP contribution >= 0.6 is 0 Å². The van der Waals surface area contributed by atoms with Crippen molar-refractivity contribution >= 4 is 19.3 Å². The summed E-state index contributed by atoms with van der Waals surface area (Å²) < 4.78 is 48.3. The first-order valence-electron chi connectivity index (χ1n) is 10.9. The van der Waals surface area contributed by atoms with Crippen LogP contribution in [0.1, 0.15) is 67.0 Å². The zero-order chi connectivity index (χ0) is 23.9. The fourth-order valence-electron chi connectivity index (χ4n) is 3.61. The van der Waals surface area contributed by atoms with E-state index in [1.165, 1.54) is 21.9 Å². The molecule has 0 bridgehead atoms. The maximum Gasteiger partial charge on any atom is 0.525 e. The number of piperidine rings is 1. The molecule has 1 atom stereocenters. The largest absolute Gasteiger partial charge is 0.525 e. The van der Waals surface area contributed by atoms with Crippen LogP contribution in [0.2, 0.25) is 0 Å². The van der Waals surface area contributed by atoms with Crippen molar-refractivity contribution in [2.24, 2.45) is 0 Å². The predicted molar refractivity (Wildman–Crippen MR) is 116 cm³/mol. The number of carbonyl (C=O) groups excluding carboxylic acids is 1. The van der Waals surface area contributed by atoms with Gasteiger partial charge in [0.2, 0.25) is 0 Å². The minimum atomic E-state index is -1.69. The lowest BCUT2D eigenvalue weighted by atomic mass is 9.87. The first-order chi connectivity index (χ1) is 14.6. The SMILES string of the molecule is CC(C)(C)OC(=O)N1CCCC(F)(Cn2cc(C=C(F)B3OC(C)(C)C(C)(C)O3)nn2)C1. The third kappa shape index (κ3) is 5.67. The smallest absolute Gasteiger partial charge is 0.444 e. The molecule has 1 unspecified atom stereocenters. The van der Waals surface area contributed by atoms with E-state index in [1.807, 2.05) is 27.7 Å². The van der Waals surface area contributed by atoms with Crippen LogP contribution in [0.4, 0.5) is 13.6 Å². The second-order valence-electron chi connectivity index (χ2n) is 10.6. The number of aromatic nitrogens is 3. The molecule has 1 aromatic rings. The molecule has 2 aliphatic rings. The summed E-state index contributed by atoms with van der Waals surface area (Å²) in [5.41, 5.74) is -4.08. The highest BCUT2D eigenvalue weighted by Crippen LogP contribution is 2.39. The molecule has 3 heterocycles. The number of alkyl halides is 1. The molecule has 11 heteroatoms. The molecule has 0 aromatic carbocycles. The van der Waals surface area contributed by atoms with Crippen molar-refractivity contribution in [1.29, 1.82) is 0 Å². The van der Waals surface area contributed by atoms with Crippen LogP contribution in [-0.2, 0) is 20.6 Å². The normalized spacial score (nSPS) is 25.8. The Morgan fingerprint density at radius 2 is 1.91 bits per heavy atom. The molecular formula is C21H33BF2N4O4. The quantitative estimate of drug-likeness (QED) is 0.641. The van der Waals surface area contributed by atoms with Gasteiger partial charge in [0.05, 0.1) is 30.5 Å². The van der Waals surface area contributed by atoms with Crippen molar-refractivity contribution < 1.29 is 27.6 Å². The van der Waals surface area contributed by atoms with E-state index in [0.29, 0.717) is 13.0 Å². The van der Waals surface area contributed by atoms with Crippen molar-refractivity contribution in [1.82, 2.24) is 19.9 Å². The van der Waals surface area contributed by atoms with Gasteiger partial charge in [0.25, 0.3) is 0 Å². The summed E-state index contributed by atoms with van der Waals surface area (Å²) in [4.78, 5) is 13.7. The highest BCUT2D eigenvalue weighted by atomic mass is 19.1. The summed E-state index contributed by atoms with van der Waals surface area (Å²) in [5.74, 6) is 0. The summed E-state index contributed by atoms with van der Waals surface area (Å²) >= 11 is 0. The van der Waals surface area contributed by atoms with Crippen molar-refractivity contribution in [2.75, 3.05) is 13.1 Å². The van der Waals surface area contributed by atoms with E-state index in [-0.39, 0.29) is 25.2 Å². The summed E-state index contributed by atoms with van der Waals surface area (Å²) in [6.45, 7) is 12.9. The van der Waals surface area contributed by atoms with Gasteiger partial charge in [0.15, 0.2) is 0 Å². The average Bonchev–Trinajstić information content (AvgIpc) is 3.13. The Kier molecular flexibility index (Phi) is 6.47. The molecule has 1 amide bonds. The Bertz CT molecular complexity index is 867. The molecular weight excluding hydrogens is 421 g/mol. The van der Waals surface area contributed by atoms with Crippen LogP contribution in [0.25, 0.3) is 6.08 Å². The van der Waals surface area contributed by atoms with Crippen molar-refractivity contribution in [3.05, 3.63) is 17.6 Å². The fraction of sp³-hybridized carbons (Fsp3) is 0.762. The van der Waals surface area contributed by atoms with Crippen LogP contribution in [0.5, 0.6) is 0 Å². The lowest BCUT2D eigenvalue weighted by molar-refractivity contribution is -0.0111. The molecule has 2 fully saturated rings. The number of rotatable bonds is 4. The van der Waals surface area contributed by atoms with Gasteiger partial charge in [-0.25, -0.2) is 18.3 Å². The minimum absolute atomic E-state index is 0.102. The zero-order valence-corrected chi connectivity index (χ0v) is 19.9. The third-order valence-corrected chi connectivity index (χ3v) is 5.94. The Morgan fingerprint density at radius 1 is 1.28 bits per heavy atom. The van der Waals surface area contributed by atoms with Gasteiger partial charge in [0, 0.05) is 6.54 Å². The monoisotopic (exact) mass is 454 g/mol. The molecule has 3 rings (SSSR count). The van der Waals surface area contributed by atoms with Crippen LogP contribution in [0, 0.1) is 0 Å². The molecule has 8 nitrogen and oxygen atoms in total. The Morgan fingerprint density at radius 3 is 2.50 bits per heavy atom. The highest BCUT2D eigenvalue weighted by molar-refractivity contribution is 6.54. The molecule has 2 aliphatic heterocycles. The van der Waals surface area contributed by atoms with Gasteiger partial charge >= 0.3 is 13.2 Å². The molecule has 0 saturated carbocycles. The number of hydrogen-bond acceptors (Lipinski definition) is 6. The number of nitrogens with zero attached hydrogens (tertiary/aromatic N) is 4. The van der Waals surface area contributed by atoms with E-state index in [2.05, 4.69) is 10.3 Å². The zero-order valence-electron chi connectivity index (χ0n) is 19.9. The third-order valence-electron chi connectivity index (χ3n) is 5.94. The van der Waals surface area contributed by atoms with Gasteiger partial charge in [-0.3, -0.25) is 0 Å². The van der Waals surface area contributed by atoms with Crippen LogP contribution < -0.4 is 0 Å². The summed E-state index contributed by atoms with van der Waals surface area (Å²) in [6.07, 6.45) is 2.88. The number of halogens is 2. The summed E-state index contributed by atoms with van der Waals surface area (Å²) in [6, 6.07) is 0. The number of carbonyl (C=O) groups is 1. The lowest BCUT2D eigenvalue weighted by Gasteiger charge is -2.37. The van der Waals surface area contributed by atoms with Gasteiger partial charge < -0.3 is 18.9 Å². The lowest BCUT2D eigenvalue weighted by Crippen LogP contribution is -2.51. The van der Waals surface area contributed by atoms with Crippen molar-refractivity contribution in [3.63, 3.8) is 0 Å². The van der Waals surface area contributed by atoms with E-state index >= 15 is 4.39 Å². The van der Waals surface area contributed by atoms with E-state index in [1.54, 1.807) is 20.8 Å². The van der Waals surface area contributed by atoms with Gasteiger partial charge in [-0.1, -0.05) is 5.21 Å². The number of amides is 1. The van der Waals surface area contributed by atoms with E-state index in [4.69, 9.17) is 14.0 Å². The Labute approximate surface area is 188 Å². The molecule has 0 N–H and O–H groups in total. The Hall–Kier alpha value is -2.01. The molecule has 178 valence electrons. The topological polar surface area (TPSA) is 78.7 Å². The van der Waals surface area contributed by atoms with Gasteiger partial charge in [-0.15, -0.1) is 5.10 Å². The molecule has 0 radical (unpaired) electrons. The van der Waals surface area contributed by atoms with Crippen LogP contribution in [-0.4, -0.2) is 68.7 Å². The summed E-state index contributed by atoms with van der Waals surface area (Å²) in [7, 11) is -1.14. The van der Waals surface area contributed by atoms with Gasteiger partial charge in [-0.05, 0) is 67.4 Å². The highest BCUT2D eigenvalue weighted by Gasteiger charge is 2.53. The molecule has 32 heavy (non-hydrogen) atoms. The standard InChI is InChI=1S/C21H33BF2N4O4/c1-18(2,3)30-17(29)27-10-8-9-21(24,13-27)14-28-12-15(25-26-28)11-16(23)22-31-19(4,5)20(6,7)32-22/h11-12H,8-10,13-14H2,1-7H3. The molecule has 1 aromatic heterocycles. The fourth-order valence-corrected chi connectivity index (χ4v) is 3.61. The molecule has 0 aliphatic carbocycles. The minimum Gasteiger partial charge on any atom is -0.444 e. The predicted octanol–water partition coefficient (Wildman–Crippen LogP) is 3.96. The van der Waals surface area contributed by atoms with Gasteiger partial charge in [0.1, 0.15) is 22.7 Å². The second-order valence-corrected chi connectivity index (χ2v) is 10.6. The number of likely N-dealkylation sites (tertiary alicyclic amines) is 1. The molecule has 2 saturated heterocycles. The number of hydrogen-bond donors (Lipinski definition) is 0. The second kappa shape index (κ2) is 8.41. The maximum absolute atomic E-state index is 15.5. The number of ether oxygens (including phenoxy) is 1.